The molecular weight excluding hydrogens is 248 g/mol. The van der Waals surface area contributed by atoms with Gasteiger partial charge in [0.25, 0.3) is 0 Å². The summed E-state index contributed by atoms with van der Waals surface area (Å²) < 4.78 is 28.2. The molecule has 19 heavy (non-hydrogen) atoms. The lowest BCUT2D eigenvalue weighted by molar-refractivity contribution is 0.553. The Bertz CT molecular complexity index is 537. The Morgan fingerprint density at radius 3 is 2.84 bits per heavy atom. The van der Waals surface area contributed by atoms with Gasteiger partial charge in [-0.25, -0.2) is 13.8 Å². The van der Waals surface area contributed by atoms with Crippen LogP contribution < -0.4 is 5.32 Å². The first-order valence-corrected chi connectivity index (χ1v) is 6.34. The number of hydrogen-bond donors (Lipinski definition) is 1. The topological polar surface area (TPSA) is 29.9 Å². The Labute approximate surface area is 111 Å². The third-order valence-electron chi connectivity index (χ3n) is 2.90. The van der Waals surface area contributed by atoms with Crippen LogP contribution in [-0.4, -0.2) is 9.55 Å². The SMILES string of the molecule is CCCn1cncc1CNCc1ccc(F)cc1F. The van der Waals surface area contributed by atoms with Crippen LogP contribution in [0.15, 0.2) is 30.7 Å². The van der Waals surface area contributed by atoms with Crippen molar-refractivity contribution in [3.05, 3.63) is 53.6 Å². The number of aromatic nitrogens is 2. The van der Waals surface area contributed by atoms with E-state index in [-0.39, 0.29) is 0 Å². The predicted octanol–water partition coefficient (Wildman–Crippen LogP) is 2.86. The van der Waals surface area contributed by atoms with E-state index in [4.69, 9.17) is 0 Å². The van der Waals surface area contributed by atoms with Crippen molar-refractivity contribution < 1.29 is 8.78 Å². The van der Waals surface area contributed by atoms with Gasteiger partial charge in [0.05, 0.1) is 12.0 Å². The molecule has 3 nitrogen and oxygen atoms in total. The van der Waals surface area contributed by atoms with E-state index in [1.54, 1.807) is 12.5 Å². The number of nitrogens with one attached hydrogen (secondary N) is 1. The standard InChI is InChI=1S/C14H17F2N3/c1-2-5-19-10-18-9-13(19)8-17-7-11-3-4-12(15)6-14(11)16/h3-4,6,9-10,17H,2,5,7-8H2,1H3. The monoisotopic (exact) mass is 265 g/mol. The van der Waals surface area contributed by atoms with E-state index in [2.05, 4.69) is 21.8 Å². The average molecular weight is 265 g/mol. The molecule has 1 aromatic heterocycles. The van der Waals surface area contributed by atoms with Crippen LogP contribution in [0.4, 0.5) is 8.78 Å². The summed E-state index contributed by atoms with van der Waals surface area (Å²) in [7, 11) is 0. The van der Waals surface area contributed by atoms with E-state index in [9.17, 15) is 8.78 Å². The molecule has 0 saturated heterocycles. The number of halogens is 2. The zero-order valence-corrected chi connectivity index (χ0v) is 10.9. The van der Waals surface area contributed by atoms with Crippen molar-refractivity contribution >= 4 is 0 Å². The van der Waals surface area contributed by atoms with Gasteiger partial charge in [0, 0.05) is 37.5 Å². The third-order valence-corrected chi connectivity index (χ3v) is 2.90. The highest BCUT2D eigenvalue weighted by atomic mass is 19.1. The molecule has 5 heteroatoms. The molecule has 0 fully saturated rings. The zero-order chi connectivity index (χ0) is 13.7. The van der Waals surface area contributed by atoms with Crippen molar-refractivity contribution in [2.24, 2.45) is 0 Å². The lowest BCUT2D eigenvalue weighted by Gasteiger charge is -2.08. The molecule has 2 rings (SSSR count). The summed E-state index contributed by atoms with van der Waals surface area (Å²) in [6.07, 6.45) is 4.62. The van der Waals surface area contributed by atoms with Gasteiger partial charge in [-0.05, 0) is 12.5 Å². The maximum atomic E-state index is 13.4. The highest BCUT2D eigenvalue weighted by Gasteiger charge is 2.05. The summed E-state index contributed by atoms with van der Waals surface area (Å²) >= 11 is 0. The minimum absolute atomic E-state index is 0.365. The lowest BCUT2D eigenvalue weighted by atomic mass is 10.2. The fourth-order valence-electron chi connectivity index (χ4n) is 1.93. The third kappa shape index (κ3) is 3.61. The van der Waals surface area contributed by atoms with Gasteiger partial charge >= 0.3 is 0 Å². The molecule has 1 aromatic carbocycles. The second kappa shape index (κ2) is 6.43. The van der Waals surface area contributed by atoms with E-state index in [1.807, 2.05) is 0 Å². The van der Waals surface area contributed by atoms with Crippen LogP contribution in [0.3, 0.4) is 0 Å². The molecular formula is C14H17F2N3. The first-order valence-electron chi connectivity index (χ1n) is 6.34. The fraction of sp³-hybridized carbons (Fsp3) is 0.357. The molecule has 0 amide bonds. The molecule has 1 heterocycles. The van der Waals surface area contributed by atoms with Crippen LogP contribution in [0.2, 0.25) is 0 Å². The molecule has 0 radical (unpaired) electrons. The fourth-order valence-corrected chi connectivity index (χ4v) is 1.93. The highest BCUT2D eigenvalue weighted by molar-refractivity contribution is 5.18. The summed E-state index contributed by atoms with van der Waals surface area (Å²) in [6, 6.07) is 3.63. The number of nitrogens with zero attached hydrogens (tertiary/aromatic N) is 2. The zero-order valence-electron chi connectivity index (χ0n) is 10.9. The summed E-state index contributed by atoms with van der Waals surface area (Å²) in [5, 5.41) is 3.14. The minimum atomic E-state index is -0.553. The molecule has 0 aliphatic heterocycles. The number of rotatable bonds is 6. The molecule has 1 N–H and O–H groups in total. The van der Waals surface area contributed by atoms with Gasteiger partial charge in [-0.2, -0.15) is 0 Å². The van der Waals surface area contributed by atoms with Crippen molar-refractivity contribution in [1.29, 1.82) is 0 Å². The van der Waals surface area contributed by atoms with Gasteiger partial charge in [-0.1, -0.05) is 13.0 Å². The van der Waals surface area contributed by atoms with E-state index in [0.29, 0.717) is 18.7 Å². The molecule has 0 aliphatic carbocycles. The Balaban J connectivity index is 1.91. The second-order valence-corrected chi connectivity index (χ2v) is 4.42. The average Bonchev–Trinajstić information content (AvgIpc) is 2.80. The van der Waals surface area contributed by atoms with Gasteiger partial charge in [0.2, 0.25) is 0 Å². The van der Waals surface area contributed by atoms with E-state index in [0.717, 1.165) is 24.7 Å². The van der Waals surface area contributed by atoms with Gasteiger partial charge in [0.15, 0.2) is 0 Å². The molecule has 0 atom stereocenters. The van der Waals surface area contributed by atoms with Crippen LogP contribution in [-0.2, 0) is 19.6 Å². The minimum Gasteiger partial charge on any atom is -0.333 e. The summed E-state index contributed by atoms with van der Waals surface area (Å²) in [4.78, 5) is 4.09. The largest absolute Gasteiger partial charge is 0.333 e. The van der Waals surface area contributed by atoms with Gasteiger partial charge in [-0.15, -0.1) is 0 Å². The summed E-state index contributed by atoms with van der Waals surface area (Å²) in [6.45, 7) is 3.99. The van der Waals surface area contributed by atoms with Crippen LogP contribution in [0, 0.1) is 11.6 Å². The Morgan fingerprint density at radius 1 is 1.26 bits per heavy atom. The normalized spacial score (nSPS) is 10.9. The van der Waals surface area contributed by atoms with Crippen molar-refractivity contribution in [3.8, 4) is 0 Å². The van der Waals surface area contributed by atoms with Crippen molar-refractivity contribution in [2.75, 3.05) is 0 Å². The molecule has 0 aliphatic rings. The molecule has 0 unspecified atom stereocenters. The lowest BCUT2D eigenvalue weighted by Crippen LogP contribution is -2.16. The summed E-state index contributed by atoms with van der Waals surface area (Å²) in [5.74, 6) is -1.07. The van der Waals surface area contributed by atoms with Gasteiger partial charge < -0.3 is 9.88 Å². The molecule has 0 spiro atoms. The van der Waals surface area contributed by atoms with E-state index < -0.39 is 11.6 Å². The first kappa shape index (κ1) is 13.7. The molecule has 2 aromatic rings. The highest BCUT2D eigenvalue weighted by Crippen LogP contribution is 2.09. The predicted molar refractivity (Wildman–Crippen MR) is 69.4 cm³/mol. The first-order chi connectivity index (χ1) is 9.20. The number of imidazole rings is 1. The van der Waals surface area contributed by atoms with Crippen molar-refractivity contribution in [3.63, 3.8) is 0 Å². The van der Waals surface area contributed by atoms with E-state index in [1.165, 1.54) is 12.1 Å². The van der Waals surface area contributed by atoms with Crippen LogP contribution >= 0.6 is 0 Å². The Morgan fingerprint density at radius 2 is 2.11 bits per heavy atom. The van der Waals surface area contributed by atoms with Crippen molar-refractivity contribution in [2.45, 2.75) is 33.0 Å². The Kier molecular flexibility index (Phi) is 4.63. The number of aryl methyl sites for hydroxylation is 1. The maximum absolute atomic E-state index is 13.4. The van der Waals surface area contributed by atoms with Gasteiger partial charge in [0.1, 0.15) is 11.6 Å². The number of hydrogen-bond acceptors (Lipinski definition) is 2. The molecule has 0 saturated carbocycles. The van der Waals surface area contributed by atoms with Crippen LogP contribution in [0.1, 0.15) is 24.6 Å². The maximum Gasteiger partial charge on any atom is 0.130 e. The quantitative estimate of drug-likeness (QED) is 0.870. The van der Waals surface area contributed by atoms with Crippen LogP contribution in [0.5, 0.6) is 0 Å². The second-order valence-electron chi connectivity index (χ2n) is 4.42. The molecule has 102 valence electrons. The number of benzene rings is 1. The van der Waals surface area contributed by atoms with E-state index >= 15 is 0 Å². The van der Waals surface area contributed by atoms with Gasteiger partial charge in [-0.3, -0.25) is 0 Å². The van der Waals surface area contributed by atoms with Crippen molar-refractivity contribution in [1.82, 2.24) is 14.9 Å². The smallest absolute Gasteiger partial charge is 0.130 e. The van der Waals surface area contributed by atoms with Crippen LogP contribution in [0.25, 0.3) is 0 Å². The summed E-state index contributed by atoms with van der Waals surface area (Å²) in [5.41, 5.74) is 1.52. The Hall–Kier alpha value is -1.75. The molecule has 0 bridgehead atoms.